The molecular weight excluding hydrogens is 220 g/mol. The first kappa shape index (κ1) is 11.5. The normalized spacial score (nSPS) is 12.6. The maximum absolute atomic E-state index is 10.7. The van der Waals surface area contributed by atoms with Crippen molar-refractivity contribution in [3.63, 3.8) is 0 Å². The molecule has 0 spiro atoms. The lowest BCUT2D eigenvalue weighted by Gasteiger charge is -2.06. The van der Waals surface area contributed by atoms with E-state index in [4.69, 9.17) is 14.3 Å². The van der Waals surface area contributed by atoms with Crippen LogP contribution in [0.3, 0.4) is 0 Å². The number of carboxylic acids is 1. The van der Waals surface area contributed by atoms with Crippen molar-refractivity contribution in [2.75, 3.05) is 7.11 Å². The molecule has 17 heavy (non-hydrogen) atoms. The molecule has 1 aromatic carbocycles. The quantitative estimate of drug-likeness (QED) is 0.883. The number of rotatable bonds is 4. The molecule has 0 aliphatic carbocycles. The summed E-state index contributed by atoms with van der Waals surface area (Å²) in [5, 5.41) is 9.73. The molecule has 0 saturated carbocycles. The first-order valence-electron chi connectivity index (χ1n) is 5.38. The smallest absolute Gasteiger partial charge is 0.303 e. The van der Waals surface area contributed by atoms with E-state index < -0.39 is 5.97 Å². The van der Waals surface area contributed by atoms with Crippen molar-refractivity contribution in [2.24, 2.45) is 0 Å². The molecule has 0 radical (unpaired) electrons. The molecule has 0 aliphatic heterocycles. The van der Waals surface area contributed by atoms with E-state index in [1.165, 1.54) is 0 Å². The average molecular weight is 234 g/mol. The summed E-state index contributed by atoms with van der Waals surface area (Å²) in [7, 11) is 1.60. The molecule has 1 atom stereocenters. The zero-order valence-electron chi connectivity index (χ0n) is 9.77. The van der Waals surface area contributed by atoms with Crippen LogP contribution in [-0.2, 0) is 4.79 Å². The van der Waals surface area contributed by atoms with Gasteiger partial charge in [0.05, 0.1) is 19.8 Å². The largest absolute Gasteiger partial charge is 0.497 e. The van der Waals surface area contributed by atoms with E-state index in [-0.39, 0.29) is 12.3 Å². The second-order valence-electron chi connectivity index (χ2n) is 4.05. The van der Waals surface area contributed by atoms with Gasteiger partial charge in [-0.25, -0.2) is 0 Å². The minimum Gasteiger partial charge on any atom is -0.497 e. The zero-order chi connectivity index (χ0) is 12.4. The fourth-order valence-electron chi connectivity index (χ4n) is 1.91. The van der Waals surface area contributed by atoms with E-state index in [1.54, 1.807) is 19.4 Å². The Morgan fingerprint density at radius 1 is 1.53 bits per heavy atom. The summed E-state index contributed by atoms with van der Waals surface area (Å²) in [6.45, 7) is 1.88. The van der Waals surface area contributed by atoms with Gasteiger partial charge in [0.1, 0.15) is 11.3 Å². The summed E-state index contributed by atoms with van der Waals surface area (Å²) in [6.07, 6.45) is 1.72. The number of methoxy groups -OCH3 is 1. The fourth-order valence-corrected chi connectivity index (χ4v) is 1.91. The molecule has 1 N–H and O–H groups in total. The third-order valence-corrected chi connectivity index (χ3v) is 2.82. The van der Waals surface area contributed by atoms with Gasteiger partial charge in [-0.2, -0.15) is 0 Å². The molecule has 0 fully saturated rings. The Kier molecular flexibility index (Phi) is 3.04. The predicted molar refractivity (Wildman–Crippen MR) is 63.4 cm³/mol. The highest BCUT2D eigenvalue weighted by Gasteiger charge is 2.16. The van der Waals surface area contributed by atoms with Crippen LogP contribution < -0.4 is 4.74 Å². The summed E-state index contributed by atoms with van der Waals surface area (Å²) in [4.78, 5) is 10.7. The van der Waals surface area contributed by atoms with Gasteiger partial charge in [0, 0.05) is 17.0 Å². The molecule has 0 aliphatic rings. The SMILES string of the molecule is COc1ccc2c(C(C)CC(=O)O)coc2c1. The highest BCUT2D eigenvalue weighted by atomic mass is 16.5. The molecule has 0 saturated heterocycles. The Morgan fingerprint density at radius 2 is 2.29 bits per heavy atom. The van der Waals surface area contributed by atoms with Crippen LogP contribution in [0.4, 0.5) is 0 Å². The van der Waals surface area contributed by atoms with E-state index in [0.717, 1.165) is 22.3 Å². The number of fused-ring (bicyclic) bond motifs is 1. The van der Waals surface area contributed by atoms with Crippen LogP contribution >= 0.6 is 0 Å². The molecule has 0 bridgehead atoms. The molecule has 4 nitrogen and oxygen atoms in total. The van der Waals surface area contributed by atoms with E-state index in [0.29, 0.717) is 0 Å². The standard InChI is InChI=1S/C13H14O4/c1-8(5-13(14)15)11-7-17-12-6-9(16-2)3-4-10(11)12/h3-4,6-8H,5H2,1-2H3,(H,14,15). The van der Waals surface area contributed by atoms with Crippen LogP contribution in [0.5, 0.6) is 5.75 Å². The Bertz CT molecular complexity index is 541. The number of hydrogen-bond donors (Lipinski definition) is 1. The van der Waals surface area contributed by atoms with Crippen molar-refractivity contribution in [1.29, 1.82) is 0 Å². The molecule has 1 aromatic heterocycles. The van der Waals surface area contributed by atoms with E-state index in [9.17, 15) is 4.79 Å². The van der Waals surface area contributed by atoms with Crippen LogP contribution in [-0.4, -0.2) is 18.2 Å². The minimum absolute atomic E-state index is 0.0675. The summed E-state index contributed by atoms with van der Waals surface area (Å²) in [5.41, 5.74) is 1.64. The number of benzene rings is 1. The second kappa shape index (κ2) is 4.49. The van der Waals surface area contributed by atoms with Crippen LogP contribution in [0.2, 0.25) is 0 Å². The van der Waals surface area contributed by atoms with Crippen molar-refractivity contribution in [2.45, 2.75) is 19.3 Å². The average Bonchev–Trinajstić information content (AvgIpc) is 2.70. The van der Waals surface area contributed by atoms with Gasteiger partial charge in [-0.05, 0) is 18.1 Å². The second-order valence-corrected chi connectivity index (χ2v) is 4.05. The lowest BCUT2D eigenvalue weighted by Crippen LogP contribution is -2.02. The number of aliphatic carboxylic acids is 1. The van der Waals surface area contributed by atoms with Crippen LogP contribution in [0.15, 0.2) is 28.9 Å². The highest BCUT2D eigenvalue weighted by molar-refractivity contribution is 5.83. The Balaban J connectivity index is 2.39. The summed E-state index contributed by atoms with van der Waals surface area (Å²) in [5.74, 6) is -0.146. The third kappa shape index (κ3) is 2.25. The number of hydrogen-bond acceptors (Lipinski definition) is 3. The molecule has 4 heteroatoms. The van der Waals surface area contributed by atoms with Gasteiger partial charge in [-0.3, -0.25) is 4.79 Å². The molecule has 90 valence electrons. The van der Waals surface area contributed by atoms with Gasteiger partial charge >= 0.3 is 5.97 Å². The number of ether oxygens (including phenoxy) is 1. The van der Waals surface area contributed by atoms with Gasteiger partial charge in [-0.1, -0.05) is 6.92 Å². The Labute approximate surface area is 98.8 Å². The predicted octanol–water partition coefficient (Wildman–Crippen LogP) is 3.02. The molecule has 2 rings (SSSR count). The lowest BCUT2D eigenvalue weighted by atomic mass is 9.97. The Hall–Kier alpha value is -1.97. The number of carbonyl (C=O) groups is 1. The third-order valence-electron chi connectivity index (χ3n) is 2.82. The van der Waals surface area contributed by atoms with Crippen LogP contribution in [0, 0.1) is 0 Å². The minimum atomic E-state index is -0.805. The Morgan fingerprint density at radius 3 is 2.94 bits per heavy atom. The van der Waals surface area contributed by atoms with Gasteiger partial charge < -0.3 is 14.3 Å². The van der Waals surface area contributed by atoms with Gasteiger partial charge in [-0.15, -0.1) is 0 Å². The fraction of sp³-hybridized carbons (Fsp3) is 0.308. The topological polar surface area (TPSA) is 59.7 Å². The van der Waals surface area contributed by atoms with Crippen LogP contribution in [0.25, 0.3) is 11.0 Å². The first-order chi connectivity index (χ1) is 8.11. The maximum atomic E-state index is 10.7. The van der Waals surface area contributed by atoms with Crippen LogP contribution in [0.1, 0.15) is 24.8 Å². The van der Waals surface area contributed by atoms with Crippen molar-refractivity contribution in [3.8, 4) is 5.75 Å². The summed E-state index contributed by atoms with van der Waals surface area (Å²) in [6, 6.07) is 5.53. The van der Waals surface area contributed by atoms with Gasteiger partial charge in [0.2, 0.25) is 0 Å². The number of furan rings is 1. The summed E-state index contributed by atoms with van der Waals surface area (Å²) >= 11 is 0. The van der Waals surface area contributed by atoms with Gasteiger partial charge in [0.15, 0.2) is 0 Å². The van der Waals surface area contributed by atoms with Crippen molar-refractivity contribution >= 4 is 16.9 Å². The summed E-state index contributed by atoms with van der Waals surface area (Å²) < 4.78 is 10.5. The monoisotopic (exact) mass is 234 g/mol. The van der Waals surface area contributed by atoms with Crippen molar-refractivity contribution < 1.29 is 19.1 Å². The van der Waals surface area contributed by atoms with Crippen molar-refractivity contribution in [3.05, 3.63) is 30.0 Å². The zero-order valence-corrected chi connectivity index (χ0v) is 9.77. The molecule has 1 heterocycles. The molecule has 1 unspecified atom stereocenters. The first-order valence-corrected chi connectivity index (χ1v) is 5.38. The molecule has 0 amide bonds. The van der Waals surface area contributed by atoms with Crippen molar-refractivity contribution in [1.82, 2.24) is 0 Å². The lowest BCUT2D eigenvalue weighted by molar-refractivity contribution is -0.137. The highest BCUT2D eigenvalue weighted by Crippen LogP contribution is 2.31. The number of carboxylic acid groups (broad SMARTS) is 1. The van der Waals surface area contributed by atoms with E-state index in [2.05, 4.69) is 0 Å². The maximum Gasteiger partial charge on any atom is 0.303 e. The van der Waals surface area contributed by atoms with Gasteiger partial charge in [0.25, 0.3) is 0 Å². The van der Waals surface area contributed by atoms with E-state index in [1.807, 2.05) is 19.1 Å². The molecule has 2 aromatic rings. The molecular formula is C13H14O4. The van der Waals surface area contributed by atoms with E-state index >= 15 is 0 Å².